The Morgan fingerprint density at radius 2 is 1.82 bits per heavy atom. The van der Waals surface area contributed by atoms with Gasteiger partial charge in [-0.1, -0.05) is 6.92 Å². The van der Waals surface area contributed by atoms with Crippen LogP contribution in [0.2, 0.25) is 0 Å². The van der Waals surface area contributed by atoms with E-state index in [9.17, 15) is 8.42 Å². The van der Waals surface area contributed by atoms with Crippen molar-refractivity contribution in [2.75, 3.05) is 31.9 Å². The molecule has 2 unspecified atom stereocenters. The standard InChI is InChI=1S/C11H24N2O3S/c1-4-5-12-6-7-17(14,15)13-8-10(2)16-11(3)9-13/h10-12H,4-9H2,1-3H3. The lowest BCUT2D eigenvalue weighted by atomic mass is 10.3. The normalized spacial score (nSPS) is 27.2. The topological polar surface area (TPSA) is 58.6 Å². The highest BCUT2D eigenvalue weighted by molar-refractivity contribution is 7.89. The van der Waals surface area contributed by atoms with Crippen molar-refractivity contribution < 1.29 is 13.2 Å². The smallest absolute Gasteiger partial charge is 0.215 e. The van der Waals surface area contributed by atoms with Crippen LogP contribution < -0.4 is 5.32 Å². The molecule has 1 N–H and O–H groups in total. The van der Waals surface area contributed by atoms with Crippen LogP contribution in [0.4, 0.5) is 0 Å². The third kappa shape index (κ3) is 4.91. The van der Waals surface area contributed by atoms with Crippen molar-refractivity contribution >= 4 is 10.0 Å². The molecule has 2 atom stereocenters. The molecular formula is C11H24N2O3S. The van der Waals surface area contributed by atoms with Crippen LogP contribution in [-0.4, -0.2) is 56.9 Å². The fourth-order valence-electron chi connectivity index (χ4n) is 1.99. The molecule has 0 spiro atoms. The largest absolute Gasteiger partial charge is 0.373 e. The van der Waals surface area contributed by atoms with Gasteiger partial charge in [-0.2, -0.15) is 4.31 Å². The first-order valence-corrected chi connectivity index (χ1v) is 7.90. The zero-order valence-electron chi connectivity index (χ0n) is 11.0. The van der Waals surface area contributed by atoms with Gasteiger partial charge in [0.05, 0.1) is 18.0 Å². The van der Waals surface area contributed by atoms with E-state index in [1.54, 1.807) is 4.31 Å². The molecule has 102 valence electrons. The van der Waals surface area contributed by atoms with E-state index in [4.69, 9.17) is 4.74 Å². The average Bonchev–Trinajstić information content (AvgIpc) is 2.23. The second-order valence-electron chi connectivity index (χ2n) is 4.64. The van der Waals surface area contributed by atoms with Crippen LogP contribution in [0.5, 0.6) is 0 Å². The van der Waals surface area contributed by atoms with Crippen LogP contribution >= 0.6 is 0 Å². The number of rotatable bonds is 6. The first-order chi connectivity index (χ1) is 7.95. The fourth-order valence-corrected chi connectivity index (χ4v) is 3.52. The summed E-state index contributed by atoms with van der Waals surface area (Å²) in [5, 5.41) is 3.12. The van der Waals surface area contributed by atoms with Crippen LogP contribution in [0.3, 0.4) is 0 Å². The number of nitrogens with zero attached hydrogens (tertiary/aromatic N) is 1. The molecule has 0 saturated carbocycles. The Hall–Kier alpha value is -0.170. The van der Waals surface area contributed by atoms with Crippen LogP contribution in [-0.2, 0) is 14.8 Å². The molecule has 1 aliphatic rings. The highest BCUT2D eigenvalue weighted by Crippen LogP contribution is 2.14. The van der Waals surface area contributed by atoms with Gasteiger partial charge in [0, 0.05) is 19.6 Å². The first kappa shape index (κ1) is 14.9. The molecule has 0 radical (unpaired) electrons. The molecule has 5 nitrogen and oxygen atoms in total. The van der Waals surface area contributed by atoms with Crippen molar-refractivity contribution in [3.8, 4) is 0 Å². The maximum atomic E-state index is 12.1. The van der Waals surface area contributed by atoms with Crippen LogP contribution in [0.1, 0.15) is 27.2 Å². The Morgan fingerprint density at radius 1 is 1.24 bits per heavy atom. The number of hydrogen-bond donors (Lipinski definition) is 1. The zero-order valence-corrected chi connectivity index (χ0v) is 11.8. The van der Waals surface area contributed by atoms with Crippen LogP contribution in [0, 0.1) is 0 Å². The molecule has 1 rings (SSSR count). The number of sulfonamides is 1. The van der Waals surface area contributed by atoms with Crippen LogP contribution in [0.15, 0.2) is 0 Å². The van der Waals surface area contributed by atoms with Gasteiger partial charge in [-0.3, -0.25) is 0 Å². The number of nitrogens with one attached hydrogen (secondary N) is 1. The van der Waals surface area contributed by atoms with E-state index in [0.29, 0.717) is 19.6 Å². The monoisotopic (exact) mass is 264 g/mol. The van der Waals surface area contributed by atoms with E-state index in [-0.39, 0.29) is 18.0 Å². The summed E-state index contributed by atoms with van der Waals surface area (Å²) in [6, 6.07) is 0. The SMILES string of the molecule is CCCNCCS(=O)(=O)N1CC(C)OC(C)C1. The van der Waals surface area contributed by atoms with Gasteiger partial charge < -0.3 is 10.1 Å². The Labute approximate surface area is 105 Å². The number of ether oxygens (including phenoxy) is 1. The summed E-state index contributed by atoms with van der Waals surface area (Å²) in [7, 11) is -3.14. The summed E-state index contributed by atoms with van der Waals surface area (Å²) < 4.78 is 31.2. The summed E-state index contributed by atoms with van der Waals surface area (Å²) >= 11 is 0. The molecule has 1 heterocycles. The molecule has 1 fully saturated rings. The van der Waals surface area contributed by atoms with E-state index >= 15 is 0 Å². The lowest BCUT2D eigenvalue weighted by Gasteiger charge is -2.34. The van der Waals surface area contributed by atoms with Gasteiger partial charge in [-0.15, -0.1) is 0 Å². The Morgan fingerprint density at radius 3 is 2.35 bits per heavy atom. The first-order valence-electron chi connectivity index (χ1n) is 6.29. The van der Waals surface area contributed by atoms with Gasteiger partial charge in [0.1, 0.15) is 0 Å². The van der Waals surface area contributed by atoms with Crippen molar-refractivity contribution in [3.05, 3.63) is 0 Å². The number of morpholine rings is 1. The van der Waals surface area contributed by atoms with Gasteiger partial charge in [0.25, 0.3) is 0 Å². The Bertz CT molecular complexity index is 309. The van der Waals surface area contributed by atoms with Crippen LogP contribution in [0.25, 0.3) is 0 Å². The van der Waals surface area contributed by atoms with Gasteiger partial charge in [0.2, 0.25) is 10.0 Å². The minimum Gasteiger partial charge on any atom is -0.373 e. The van der Waals surface area contributed by atoms with Crippen molar-refractivity contribution in [1.82, 2.24) is 9.62 Å². The Kier molecular flexibility index (Phi) is 5.85. The summed E-state index contributed by atoms with van der Waals surface area (Å²) in [6.07, 6.45) is 0.986. The third-order valence-electron chi connectivity index (χ3n) is 2.74. The maximum Gasteiger partial charge on any atom is 0.215 e. The minimum absolute atomic E-state index is 0.0166. The van der Waals surface area contributed by atoms with E-state index in [1.807, 2.05) is 13.8 Å². The minimum atomic E-state index is -3.14. The van der Waals surface area contributed by atoms with E-state index in [2.05, 4.69) is 12.2 Å². The summed E-state index contributed by atoms with van der Waals surface area (Å²) in [5.74, 6) is 0.173. The molecule has 0 bridgehead atoms. The molecule has 0 aromatic heterocycles. The molecular weight excluding hydrogens is 240 g/mol. The lowest BCUT2D eigenvalue weighted by molar-refractivity contribution is -0.0440. The average molecular weight is 264 g/mol. The molecule has 17 heavy (non-hydrogen) atoms. The van der Waals surface area contributed by atoms with Crippen molar-refractivity contribution in [2.45, 2.75) is 39.4 Å². The molecule has 0 amide bonds. The summed E-state index contributed by atoms with van der Waals surface area (Å²) in [5.41, 5.74) is 0. The number of hydrogen-bond acceptors (Lipinski definition) is 4. The molecule has 6 heteroatoms. The van der Waals surface area contributed by atoms with E-state index in [1.165, 1.54) is 0 Å². The quantitative estimate of drug-likeness (QED) is 0.707. The molecule has 0 aliphatic carbocycles. The molecule has 0 aromatic carbocycles. The molecule has 0 aromatic rings. The van der Waals surface area contributed by atoms with Crippen molar-refractivity contribution in [1.29, 1.82) is 0 Å². The maximum absolute atomic E-state index is 12.1. The second-order valence-corrected chi connectivity index (χ2v) is 6.73. The summed E-state index contributed by atoms with van der Waals surface area (Å²) in [4.78, 5) is 0. The second kappa shape index (κ2) is 6.68. The predicted molar refractivity (Wildman–Crippen MR) is 68.5 cm³/mol. The summed E-state index contributed by atoms with van der Waals surface area (Å²) in [6.45, 7) is 8.22. The van der Waals surface area contributed by atoms with Crippen molar-refractivity contribution in [2.24, 2.45) is 0 Å². The highest BCUT2D eigenvalue weighted by atomic mass is 32.2. The van der Waals surface area contributed by atoms with Gasteiger partial charge in [-0.25, -0.2) is 8.42 Å². The van der Waals surface area contributed by atoms with Gasteiger partial charge in [-0.05, 0) is 26.8 Å². The molecule has 1 aliphatic heterocycles. The predicted octanol–water partition coefficient (Wildman–Crippen LogP) is 0.425. The third-order valence-corrected chi connectivity index (χ3v) is 4.55. The Balaban J connectivity index is 2.45. The fraction of sp³-hybridized carbons (Fsp3) is 1.00. The van der Waals surface area contributed by atoms with E-state index in [0.717, 1.165) is 13.0 Å². The van der Waals surface area contributed by atoms with Gasteiger partial charge >= 0.3 is 0 Å². The van der Waals surface area contributed by atoms with Crippen molar-refractivity contribution in [3.63, 3.8) is 0 Å². The highest BCUT2D eigenvalue weighted by Gasteiger charge is 2.30. The molecule has 1 saturated heterocycles. The van der Waals surface area contributed by atoms with Gasteiger partial charge in [0.15, 0.2) is 0 Å². The lowest BCUT2D eigenvalue weighted by Crippen LogP contribution is -2.49. The van der Waals surface area contributed by atoms with E-state index < -0.39 is 10.0 Å². The zero-order chi connectivity index (χ0) is 12.9.